The number of aromatic nitrogens is 2. The van der Waals surface area contributed by atoms with E-state index >= 15 is 0 Å². The molecule has 1 aromatic carbocycles. The van der Waals surface area contributed by atoms with Crippen LogP contribution in [0.2, 0.25) is 0 Å². The molecule has 0 aliphatic carbocycles. The van der Waals surface area contributed by atoms with Gasteiger partial charge in [0.15, 0.2) is 5.69 Å². The van der Waals surface area contributed by atoms with Crippen molar-refractivity contribution in [2.24, 2.45) is 0 Å². The Hall–Kier alpha value is -2.38. The van der Waals surface area contributed by atoms with E-state index in [4.69, 9.17) is 0 Å². The van der Waals surface area contributed by atoms with E-state index in [1.54, 1.807) is 11.2 Å². The van der Waals surface area contributed by atoms with Gasteiger partial charge in [0, 0.05) is 24.7 Å². The monoisotopic (exact) mass is 329 g/mol. The first-order chi connectivity index (χ1) is 10.8. The summed E-state index contributed by atoms with van der Waals surface area (Å²) < 4.78 is 51.4. The Bertz CT molecular complexity index is 681. The minimum absolute atomic E-state index is 0.0342. The van der Waals surface area contributed by atoms with Gasteiger partial charge in [-0.05, 0) is 12.5 Å². The van der Waals surface area contributed by atoms with E-state index in [1.165, 1.54) is 23.1 Å². The number of amides is 1. The maximum atomic E-state index is 13.7. The van der Waals surface area contributed by atoms with Crippen LogP contribution < -0.4 is 0 Å². The summed E-state index contributed by atoms with van der Waals surface area (Å²) in [6, 6.07) is 6.60. The van der Waals surface area contributed by atoms with Gasteiger partial charge in [0.05, 0.1) is 0 Å². The number of halogens is 4. The summed E-state index contributed by atoms with van der Waals surface area (Å²) in [6.07, 6.45) is -4.02. The van der Waals surface area contributed by atoms with Crippen molar-refractivity contribution in [3.05, 3.63) is 53.1 Å². The van der Waals surface area contributed by atoms with E-state index in [0.717, 1.165) is 0 Å². The van der Waals surface area contributed by atoms with Crippen LogP contribution in [0.5, 0.6) is 0 Å². The van der Waals surface area contributed by atoms with Gasteiger partial charge in [-0.15, -0.1) is 0 Å². The topological polar surface area (TPSA) is 49.0 Å². The second-order valence-corrected chi connectivity index (χ2v) is 4.98. The maximum Gasteiger partial charge on any atom is 0.432 e. The molecule has 0 bridgehead atoms. The lowest BCUT2D eigenvalue weighted by Crippen LogP contribution is -2.32. The number of H-pyrrole nitrogens is 1. The summed E-state index contributed by atoms with van der Waals surface area (Å²) in [6.45, 7) is 2.06. The Kier molecular flexibility index (Phi) is 5.02. The molecule has 23 heavy (non-hydrogen) atoms. The zero-order valence-corrected chi connectivity index (χ0v) is 12.3. The molecule has 0 spiro atoms. The van der Waals surface area contributed by atoms with Crippen molar-refractivity contribution < 1.29 is 22.4 Å². The Morgan fingerprint density at radius 2 is 2.00 bits per heavy atom. The zero-order chi connectivity index (χ0) is 17.0. The SMILES string of the molecule is CCCN(Cc1ccccc1F)C(=O)c1cc(C(F)(F)F)[nH]n1. The van der Waals surface area contributed by atoms with Crippen LogP contribution in [0.4, 0.5) is 17.6 Å². The molecule has 0 aliphatic heterocycles. The third-order valence-corrected chi connectivity index (χ3v) is 3.20. The van der Waals surface area contributed by atoms with Crippen molar-refractivity contribution in [1.82, 2.24) is 15.1 Å². The van der Waals surface area contributed by atoms with Gasteiger partial charge in [0.1, 0.15) is 11.5 Å². The molecule has 0 saturated carbocycles. The minimum Gasteiger partial charge on any atom is -0.333 e. The van der Waals surface area contributed by atoms with Gasteiger partial charge in [-0.25, -0.2) is 4.39 Å². The fourth-order valence-corrected chi connectivity index (χ4v) is 2.09. The Labute approximate surface area is 130 Å². The van der Waals surface area contributed by atoms with Crippen LogP contribution in [0, 0.1) is 5.82 Å². The molecule has 1 heterocycles. The van der Waals surface area contributed by atoms with Crippen LogP contribution in [-0.2, 0) is 12.7 Å². The summed E-state index contributed by atoms with van der Waals surface area (Å²) in [5, 5.41) is 5.22. The number of nitrogens with one attached hydrogen (secondary N) is 1. The number of aromatic amines is 1. The largest absolute Gasteiger partial charge is 0.432 e. The Balaban J connectivity index is 2.22. The summed E-state index contributed by atoms with van der Waals surface area (Å²) in [5.41, 5.74) is -1.15. The van der Waals surface area contributed by atoms with Crippen molar-refractivity contribution in [3.63, 3.8) is 0 Å². The van der Waals surface area contributed by atoms with Gasteiger partial charge >= 0.3 is 6.18 Å². The molecule has 2 rings (SSSR count). The number of carbonyl (C=O) groups is 1. The van der Waals surface area contributed by atoms with Crippen molar-refractivity contribution in [2.75, 3.05) is 6.54 Å². The standard InChI is InChI=1S/C15H15F4N3O/c1-2-7-22(9-10-5-3-4-6-11(10)16)14(23)12-8-13(21-20-12)15(17,18)19/h3-6,8H,2,7,9H2,1H3,(H,20,21). The predicted octanol–water partition coefficient (Wildman–Crippen LogP) is 3.62. The lowest BCUT2D eigenvalue weighted by Gasteiger charge is -2.21. The highest BCUT2D eigenvalue weighted by molar-refractivity contribution is 5.92. The first-order valence-corrected chi connectivity index (χ1v) is 6.98. The number of carbonyl (C=O) groups excluding carboxylic acids is 1. The first-order valence-electron chi connectivity index (χ1n) is 6.98. The maximum absolute atomic E-state index is 13.7. The Morgan fingerprint density at radius 3 is 2.57 bits per heavy atom. The second-order valence-electron chi connectivity index (χ2n) is 4.98. The molecular weight excluding hydrogens is 314 g/mol. The molecule has 0 atom stereocenters. The van der Waals surface area contributed by atoms with Crippen molar-refractivity contribution in [3.8, 4) is 0 Å². The van der Waals surface area contributed by atoms with Crippen LogP contribution >= 0.6 is 0 Å². The van der Waals surface area contributed by atoms with Crippen molar-refractivity contribution in [1.29, 1.82) is 0 Å². The van der Waals surface area contributed by atoms with E-state index in [-0.39, 0.29) is 18.8 Å². The average Bonchev–Trinajstić information content (AvgIpc) is 2.98. The quantitative estimate of drug-likeness (QED) is 0.852. The molecule has 8 heteroatoms. The van der Waals surface area contributed by atoms with Crippen LogP contribution in [-0.4, -0.2) is 27.5 Å². The lowest BCUT2D eigenvalue weighted by atomic mass is 10.2. The van der Waals surface area contributed by atoms with Gasteiger partial charge in [0.25, 0.3) is 5.91 Å². The number of hydrogen-bond acceptors (Lipinski definition) is 2. The van der Waals surface area contributed by atoms with E-state index in [1.807, 2.05) is 6.92 Å². The van der Waals surface area contributed by atoms with Crippen LogP contribution in [0.1, 0.15) is 35.1 Å². The summed E-state index contributed by atoms with van der Waals surface area (Å²) in [4.78, 5) is 13.6. The highest BCUT2D eigenvalue weighted by Crippen LogP contribution is 2.28. The molecule has 0 radical (unpaired) electrons. The molecule has 1 amide bonds. The highest BCUT2D eigenvalue weighted by Gasteiger charge is 2.34. The van der Waals surface area contributed by atoms with Gasteiger partial charge in [-0.3, -0.25) is 9.89 Å². The Morgan fingerprint density at radius 1 is 1.30 bits per heavy atom. The van der Waals surface area contributed by atoms with E-state index in [0.29, 0.717) is 18.1 Å². The number of alkyl halides is 3. The van der Waals surface area contributed by atoms with Crippen LogP contribution in [0.3, 0.4) is 0 Å². The smallest absolute Gasteiger partial charge is 0.333 e. The molecule has 2 aromatic rings. The molecule has 0 unspecified atom stereocenters. The normalized spacial score (nSPS) is 11.5. The predicted molar refractivity (Wildman–Crippen MR) is 75.0 cm³/mol. The average molecular weight is 329 g/mol. The van der Waals surface area contributed by atoms with Crippen molar-refractivity contribution >= 4 is 5.91 Å². The number of rotatable bonds is 5. The number of benzene rings is 1. The molecule has 0 aliphatic rings. The molecule has 1 aromatic heterocycles. The fraction of sp³-hybridized carbons (Fsp3) is 0.333. The van der Waals surface area contributed by atoms with E-state index in [9.17, 15) is 22.4 Å². The van der Waals surface area contributed by atoms with Gasteiger partial charge in [-0.2, -0.15) is 18.3 Å². The fourth-order valence-electron chi connectivity index (χ4n) is 2.09. The number of hydrogen-bond donors (Lipinski definition) is 1. The van der Waals surface area contributed by atoms with Gasteiger partial charge < -0.3 is 4.90 Å². The highest BCUT2D eigenvalue weighted by atomic mass is 19.4. The van der Waals surface area contributed by atoms with Gasteiger partial charge in [0.2, 0.25) is 0 Å². The molecule has 4 nitrogen and oxygen atoms in total. The summed E-state index contributed by atoms with van der Waals surface area (Å²) in [5.74, 6) is -1.15. The third kappa shape index (κ3) is 4.08. The molecule has 124 valence electrons. The van der Waals surface area contributed by atoms with Crippen molar-refractivity contribution in [2.45, 2.75) is 26.1 Å². The van der Waals surface area contributed by atoms with E-state index < -0.39 is 23.6 Å². The molecule has 0 fully saturated rings. The van der Waals surface area contributed by atoms with Crippen LogP contribution in [0.25, 0.3) is 0 Å². The minimum atomic E-state index is -4.60. The van der Waals surface area contributed by atoms with E-state index in [2.05, 4.69) is 5.10 Å². The molecule has 0 saturated heterocycles. The third-order valence-electron chi connectivity index (χ3n) is 3.20. The van der Waals surface area contributed by atoms with Gasteiger partial charge in [-0.1, -0.05) is 25.1 Å². The second kappa shape index (κ2) is 6.80. The van der Waals surface area contributed by atoms with Crippen LogP contribution in [0.15, 0.2) is 30.3 Å². The number of nitrogens with zero attached hydrogens (tertiary/aromatic N) is 2. The molecule has 1 N–H and O–H groups in total. The lowest BCUT2D eigenvalue weighted by molar-refractivity contribution is -0.141. The summed E-state index contributed by atoms with van der Waals surface area (Å²) >= 11 is 0. The first kappa shape index (κ1) is 17.0. The molecular formula is C15H15F4N3O. The zero-order valence-electron chi connectivity index (χ0n) is 12.3. The summed E-state index contributed by atoms with van der Waals surface area (Å²) in [7, 11) is 0.